The number of aliphatic hydroxyl groups excluding tert-OH is 1. The van der Waals surface area contributed by atoms with Crippen LogP contribution in [0.15, 0.2) is 46.9 Å². The first-order valence-corrected chi connectivity index (χ1v) is 7.14. The molecule has 2 aromatic rings. The van der Waals surface area contributed by atoms with Crippen molar-refractivity contribution < 1.29 is 10.0 Å². The molecule has 5 nitrogen and oxygen atoms in total. The third-order valence-corrected chi connectivity index (χ3v) is 3.69. The Hall–Kier alpha value is -1.92. The first-order chi connectivity index (χ1) is 10.0. The van der Waals surface area contributed by atoms with Crippen LogP contribution in [0, 0.1) is 10.1 Å². The minimum absolute atomic E-state index is 0.00108. The van der Waals surface area contributed by atoms with Crippen LogP contribution in [-0.4, -0.2) is 17.1 Å². The minimum atomic E-state index is -0.424. The number of nitro groups is 1. The summed E-state index contributed by atoms with van der Waals surface area (Å²) in [5.74, 6) is 0. The predicted molar refractivity (Wildman–Crippen MR) is 85.3 cm³/mol. The molecule has 0 saturated carbocycles. The molecule has 0 unspecified atom stereocenters. The molecule has 0 aliphatic rings. The minimum Gasteiger partial charge on any atom is -0.392 e. The molecule has 0 amide bonds. The average Bonchev–Trinajstić information content (AvgIpc) is 2.48. The second-order valence-corrected chi connectivity index (χ2v) is 5.64. The maximum atomic E-state index is 11.2. The molecular formula is C15H15BrN2O3. The van der Waals surface area contributed by atoms with Gasteiger partial charge < -0.3 is 10.0 Å². The fourth-order valence-corrected chi connectivity index (χ4v) is 2.35. The fourth-order valence-electron chi connectivity index (χ4n) is 2.09. The highest BCUT2D eigenvalue weighted by molar-refractivity contribution is 9.10. The van der Waals surface area contributed by atoms with Gasteiger partial charge in [0, 0.05) is 24.1 Å². The van der Waals surface area contributed by atoms with E-state index in [9.17, 15) is 10.1 Å². The first-order valence-electron chi connectivity index (χ1n) is 6.35. The van der Waals surface area contributed by atoms with Crippen molar-refractivity contribution in [1.29, 1.82) is 0 Å². The zero-order chi connectivity index (χ0) is 15.4. The number of hydrogen-bond acceptors (Lipinski definition) is 4. The molecule has 110 valence electrons. The lowest BCUT2D eigenvalue weighted by molar-refractivity contribution is -0.384. The Balaban J connectivity index is 2.27. The van der Waals surface area contributed by atoms with Crippen molar-refractivity contribution in [1.82, 2.24) is 0 Å². The molecule has 0 fully saturated rings. The van der Waals surface area contributed by atoms with Crippen molar-refractivity contribution in [3.05, 3.63) is 68.2 Å². The molecule has 6 heteroatoms. The van der Waals surface area contributed by atoms with Gasteiger partial charge in [-0.2, -0.15) is 0 Å². The Kier molecular flexibility index (Phi) is 4.93. The van der Waals surface area contributed by atoms with E-state index in [0.717, 1.165) is 10.0 Å². The van der Waals surface area contributed by atoms with Gasteiger partial charge in [-0.1, -0.05) is 34.1 Å². The smallest absolute Gasteiger partial charge is 0.292 e. The lowest BCUT2D eigenvalue weighted by Crippen LogP contribution is -2.17. The van der Waals surface area contributed by atoms with Crippen LogP contribution in [0.5, 0.6) is 0 Å². The fraction of sp³-hybridized carbons (Fsp3) is 0.200. The third kappa shape index (κ3) is 3.80. The number of aliphatic hydroxyl groups is 1. The maximum absolute atomic E-state index is 11.2. The number of rotatable bonds is 5. The lowest BCUT2D eigenvalue weighted by atomic mass is 10.1. The Morgan fingerprint density at radius 2 is 1.81 bits per heavy atom. The van der Waals surface area contributed by atoms with Gasteiger partial charge in [0.1, 0.15) is 5.69 Å². The average molecular weight is 351 g/mol. The molecule has 0 aliphatic heterocycles. The number of benzene rings is 2. The van der Waals surface area contributed by atoms with Crippen LogP contribution < -0.4 is 4.90 Å². The Bertz CT molecular complexity index is 644. The summed E-state index contributed by atoms with van der Waals surface area (Å²) in [5.41, 5.74) is 2.12. The molecule has 1 N–H and O–H groups in total. The maximum Gasteiger partial charge on any atom is 0.292 e. The van der Waals surface area contributed by atoms with E-state index in [4.69, 9.17) is 5.11 Å². The quantitative estimate of drug-likeness (QED) is 0.662. The van der Waals surface area contributed by atoms with E-state index in [1.54, 1.807) is 12.1 Å². The van der Waals surface area contributed by atoms with E-state index in [-0.39, 0.29) is 12.3 Å². The van der Waals surface area contributed by atoms with Crippen molar-refractivity contribution in [2.75, 3.05) is 11.9 Å². The van der Waals surface area contributed by atoms with Gasteiger partial charge in [-0.3, -0.25) is 10.1 Å². The highest BCUT2D eigenvalue weighted by Crippen LogP contribution is 2.29. The first kappa shape index (κ1) is 15.5. The van der Waals surface area contributed by atoms with Crippen LogP contribution in [0.25, 0.3) is 0 Å². The van der Waals surface area contributed by atoms with Crippen LogP contribution >= 0.6 is 15.9 Å². The topological polar surface area (TPSA) is 66.6 Å². The van der Waals surface area contributed by atoms with E-state index in [2.05, 4.69) is 15.9 Å². The molecule has 0 atom stereocenters. The summed E-state index contributed by atoms with van der Waals surface area (Å²) in [6, 6.07) is 12.6. The molecule has 0 aliphatic carbocycles. The monoisotopic (exact) mass is 350 g/mol. The Labute approximate surface area is 131 Å². The summed E-state index contributed by atoms with van der Waals surface area (Å²) in [6.45, 7) is 0.351. The van der Waals surface area contributed by atoms with E-state index >= 15 is 0 Å². The van der Waals surface area contributed by atoms with Crippen LogP contribution in [0.2, 0.25) is 0 Å². The van der Waals surface area contributed by atoms with Gasteiger partial charge in [0.05, 0.1) is 11.5 Å². The molecule has 21 heavy (non-hydrogen) atoms. The molecule has 0 radical (unpaired) electrons. The molecule has 0 spiro atoms. The zero-order valence-corrected chi connectivity index (χ0v) is 13.1. The van der Waals surface area contributed by atoms with Gasteiger partial charge in [-0.15, -0.1) is 0 Å². The highest BCUT2D eigenvalue weighted by Gasteiger charge is 2.17. The largest absolute Gasteiger partial charge is 0.392 e. The summed E-state index contributed by atoms with van der Waals surface area (Å²) >= 11 is 3.38. The number of nitrogens with zero attached hydrogens (tertiary/aromatic N) is 2. The normalized spacial score (nSPS) is 10.4. The summed E-state index contributed by atoms with van der Waals surface area (Å²) in [7, 11) is 1.81. The van der Waals surface area contributed by atoms with Crippen molar-refractivity contribution in [3.8, 4) is 0 Å². The molecule has 0 aromatic heterocycles. The predicted octanol–water partition coefficient (Wildman–Crippen LogP) is 3.49. The lowest BCUT2D eigenvalue weighted by Gasteiger charge is -2.19. The second kappa shape index (κ2) is 6.69. The number of halogens is 1. The number of anilines is 1. The van der Waals surface area contributed by atoms with Crippen molar-refractivity contribution >= 4 is 27.3 Å². The highest BCUT2D eigenvalue weighted by atomic mass is 79.9. The van der Waals surface area contributed by atoms with Crippen LogP contribution in [0.1, 0.15) is 11.1 Å². The summed E-state index contributed by atoms with van der Waals surface area (Å²) in [4.78, 5) is 12.6. The standard InChI is InChI=1S/C15H15BrN2O3/c1-17(9-11-2-5-13(16)6-3-11)14-7-4-12(10-19)8-15(14)18(20)21/h2-8,19H,9-10H2,1H3. The van der Waals surface area contributed by atoms with E-state index in [1.807, 2.05) is 36.2 Å². The molecule has 2 aromatic carbocycles. The molecule has 2 rings (SSSR count). The Morgan fingerprint density at radius 3 is 2.38 bits per heavy atom. The van der Waals surface area contributed by atoms with Crippen molar-refractivity contribution in [2.24, 2.45) is 0 Å². The van der Waals surface area contributed by atoms with Crippen molar-refractivity contribution in [2.45, 2.75) is 13.2 Å². The van der Waals surface area contributed by atoms with E-state index in [1.165, 1.54) is 6.07 Å². The second-order valence-electron chi connectivity index (χ2n) is 4.72. The summed E-state index contributed by atoms with van der Waals surface area (Å²) in [5, 5.41) is 20.3. The van der Waals surface area contributed by atoms with Gasteiger partial charge in [0.15, 0.2) is 0 Å². The Morgan fingerprint density at radius 1 is 1.19 bits per heavy atom. The van der Waals surface area contributed by atoms with Gasteiger partial charge in [0.2, 0.25) is 0 Å². The third-order valence-electron chi connectivity index (χ3n) is 3.16. The summed E-state index contributed by atoms with van der Waals surface area (Å²) in [6.07, 6.45) is 0. The zero-order valence-electron chi connectivity index (χ0n) is 11.5. The van der Waals surface area contributed by atoms with Crippen LogP contribution in [-0.2, 0) is 13.2 Å². The molecule has 0 bridgehead atoms. The number of nitro benzene ring substituents is 1. The van der Waals surface area contributed by atoms with Gasteiger partial charge in [-0.05, 0) is 29.3 Å². The van der Waals surface area contributed by atoms with Crippen LogP contribution in [0.4, 0.5) is 11.4 Å². The molecule has 0 heterocycles. The van der Waals surface area contributed by atoms with E-state index in [0.29, 0.717) is 17.8 Å². The molecular weight excluding hydrogens is 336 g/mol. The van der Waals surface area contributed by atoms with E-state index < -0.39 is 4.92 Å². The summed E-state index contributed by atoms with van der Waals surface area (Å²) < 4.78 is 0.993. The van der Waals surface area contributed by atoms with Gasteiger partial charge in [0.25, 0.3) is 5.69 Å². The molecule has 0 saturated heterocycles. The van der Waals surface area contributed by atoms with Crippen molar-refractivity contribution in [3.63, 3.8) is 0 Å². The van der Waals surface area contributed by atoms with Crippen LogP contribution in [0.3, 0.4) is 0 Å². The number of hydrogen-bond donors (Lipinski definition) is 1. The SMILES string of the molecule is CN(Cc1ccc(Br)cc1)c1ccc(CO)cc1[N+](=O)[O-]. The van der Waals surface area contributed by atoms with Gasteiger partial charge in [-0.25, -0.2) is 0 Å². The van der Waals surface area contributed by atoms with Gasteiger partial charge >= 0.3 is 0 Å².